The van der Waals surface area contributed by atoms with Gasteiger partial charge < -0.3 is 34.7 Å². The van der Waals surface area contributed by atoms with Crippen LogP contribution in [0.4, 0.5) is 14.5 Å². The second-order valence-corrected chi connectivity index (χ2v) is 30.8. The van der Waals surface area contributed by atoms with Crippen molar-refractivity contribution in [2.75, 3.05) is 52.0 Å². The van der Waals surface area contributed by atoms with Crippen LogP contribution in [0, 0.1) is 16.7 Å². The van der Waals surface area contributed by atoms with Crippen LogP contribution in [0.2, 0.25) is 0 Å². The first-order valence-corrected chi connectivity index (χ1v) is 36.6. The van der Waals surface area contributed by atoms with E-state index in [1.54, 1.807) is 18.5 Å². The maximum absolute atomic E-state index is 16.3. The van der Waals surface area contributed by atoms with Crippen molar-refractivity contribution in [1.82, 2.24) is 19.4 Å². The summed E-state index contributed by atoms with van der Waals surface area (Å²) in [4.78, 5) is 121. The molecule has 0 bridgehead atoms. The predicted molar refractivity (Wildman–Crippen MR) is 378 cm³/mol. The fourth-order valence-electron chi connectivity index (χ4n) is 12.6. The molecular weight excluding hydrogens is 1340 g/mol. The number of likely N-dealkylation sites (N-methyl/N-ethyl adjacent to an activating group) is 1. The summed E-state index contributed by atoms with van der Waals surface area (Å²) in [5.41, 5.74) is 5.60. The molecule has 26 heteroatoms. The zero-order valence-corrected chi connectivity index (χ0v) is 61.2. The number of allylic oxidation sites excluding steroid dienone is 2. The van der Waals surface area contributed by atoms with Crippen LogP contribution in [-0.4, -0.2) is 127 Å². The number of esters is 2. The maximum atomic E-state index is 16.3. The third-order valence-electron chi connectivity index (χ3n) is 18.8. The number of likely N-dealkylation sites (tertiary alicyclic amines) is 1. The molecule has 0 spiro atoms. The Balaban J connectivity index is 0.756. The number of ether oxygens (including phenoxy) is 5. The van der Waals surface area contributed by atoms with Gasteiger partial charge in [-0.2, -0.15) is 8.78 Å². The number of benzene rings is 4. The van der Waals surface area contributed by atoms with Crippen LogP contribution >= 0.6 is 7.60 Å². The first-order valence-electron chi connectivity index (χ1n) is 35.1. The maximum Gasteiger partial charge on any atom is 0.410 e. The Morgan fingerprint density at radius 1 is 0.706 bits per heavy atom. The molecule has 0 radical (unpaired) electrons. The first-order chi connectivity index (χ1) is 48.3. The molecule has 0 aliphatic carbocycles. The number of anilines is 1. The number of alkyl halides is 2. The number of halogens is 2. The van der Waals surface area contributed by atoms with Gasteiger partial charge in [0, 0.05) is 77.7 Å². The molecule has 1 fully saturated rings. The summed E-state index contributed by atoms with van der Waals surface area (Å²) in [7, 11) is -2.43. The first kappa shape index (κ1) is 79.6. The van der Waals surface area contributed by atoms with E-state index in [1.807, 2.05) is 55.5 Å². The lowest BCUT2D eigenvalue weighted by molar-refractivity contribution is -0.163. The number of ketones is 1. The average Bonchev–Trinajstić information content (AvgIpc) is 1.57. The molecule has 5 aromatic rings. The van der Waals surface area contributed by atoms with Crippen LogP contribution < -0.4 is 21.6 Å². The molecule has 0 saturated carbocycles. The van der Waals surface area contributed by atoms with Crippen molar-refractivity contribution in [3.63, 3.8) is 0 Å². The number of aromatic nitrogens is 2. The van der Waals surface area contributed by atoms with Crippen molar-refractivity contribution in [1.29, 1.82) is 0 Å². The Bertz CT molecular complexity index is 3930. The van der Waals surface area contributed by atoms with Crippen LogP contribution in [0.3, 0.4) is 0 Å². The van der Waals surface area contributed by atoms with E-state index < -0.39 is 109 Å². The van der Waals surface area contributed by atoms with Crippen molar-refractivity contribution in [3.05, 3.63) is 140 Å². The fraction of sp³-hybridized carbons (Fsp3) is 0.539. The number of aryl methyl sites for hydroxylation is 4. The highest BCUT2D eigenvalue weighted by Gasteiger charge is 2.56. The van der Waals surface area contributed by atoms with Crippen LogP contribution in [0.25, 0.3) is 16.6 Å². The SMILES string of the molecule is C/C(=C\C(=O)C[C@H]1CCc2cccc3c2N(C1=O)[C@H](C(=O)N[C@@H](CCC(N)=O)[C@@H](C)OCc1ccc(CCCOCCCCCCOCCCc2ccc4c(c2)n(C)c(=O)n4C2CCC(=O)N(C)C2=O)cc1)C3)c1ccc(C(F)(F)P(=O)(OCOC(=O)C(C)(C)C)OCOC(=O)C(C)(C)C)cc1. The number of fused-ring (bicyclic) bond motifs is 1. The highest BCUT2D eigenvalue weighted by molar-refractivity contribution is 7.54. The topological polar surface area (TPSA) is 290 Å². The summed E-state index contributed by atoms with van der Waals surface area (Å²) < 4.78 is 87.6. The van der Waals surface area contributed by atoms with Gasteiger partial charge in [0.2, 0.25) is 37.2 Å². The summed E-state index contributed by atoms with van der Waals surface area (Å²) in [6.45, 7) is 13.0. The Hall–Kier alpha value is -8.06. The minimum absolute atomic E-state index is 0.0364. The van der Waals surface area contributed by atoms with Gasteiger partial charge in [0.15, 0.2) is 5.78 Å². The molecule has 1 saturated heterocycles. The lowest BCUT2D eigenvalue weighted by Gasteiger charge is -2.31. The highest BCUT2D eigenvalue weighted by atomic mass is 31.2. The molecule has 3 aliphatic rings. The number of amides is 5. The van der Waals surface area contributed by atoms with Crippen molar-refractivity contribution in [3.8, 4) is 0 Å². The van der Waals surface area contributed by atoms with Gasteiger partial charge in [-0.3, -0.25) is 70.9 Å². The Morgan fingerprint density at radius 2 is 1.28 bits per heavy atom. The van der Waals surface area contributed by atoms with E-state index in [0.717, 1.165) is 102 Å². The number of imidazole rings is 1. The lowest BCUT2D eigenvalue weighted by Crippen LogP contribution is -2.54. The second kappa shape index (κ2) is 35.4. The third-order valence-corrected chi connectivity index (χ3v) is 20.6. The van der Waals surface area contributed by atoms with Crippen molar-refractivity contribution in [2.24, 2.45) is 29.5 Å². The Labute approximate surface area is 594 Å². The molecule has 1 aromatic heterocycles. The van der Waals surface area contributed by atoms with E-state index >= 15 is 8.78 Å². The molecule has 4 heterocycles. The summed E-state index contributed by atoms with van der Waals surface area (Å²) in [5.74, 6) is -4.96. The summed E-state index contributed by atoms with van der Waals surface area (Å²) in [5, 5.41) is 3.09. The number of nitrogens with one attached hydrogen (secondary N) is 1. The fourth-order valence-corrected chi connectivity index (χ4v) is 13.9. The zero-order valence-electron chi connectivity index (χ0n) is 60.3. The smallest absolute Gasteiger partial charge is 0.410 e. The molecule has 5 atom stereocenters. The number of unbranched alkanes of at least 4 members (excludes halogenated alkanes) is 3. The van der Waals surface area contributed by atoms with E-state index in [9.17, 15) is 47.7 Å². The summed E-state index contributed by atoms with van der Waals surface area (Å²) >= 11 is 0. The second-order valence-electron chi connectivity index (χ2n) is 28.7. The minimum Gasteiger partial charge on any atom is -0.438 e. The zero-order chi connectivity index (χ0) is 74.3. The molecule has 8 rings (SSSR count). The van der Waals surface area contributed by atoms with Crippen molar-refractivity contribution >= 4 is 77.1 Å². The molecule has 5 amide bonds. The number of carbonyl (C=O) groups excluding carboxylic acids is 8. The van der Waals surface area contributed by atoms with E-state index in [2.05, 4.69) is 17.4 Å². The van der Waals surface area contributed by atoms with Crippen LogP contribution in [0.5, 0.6) is 0 Å². The molecule has 3 aliphatic heterocycles. The number of hydrogen-bond donors (Lipinski definition) is 2. The van der Waals surface area contributed by atoms with Gasteiger partial charge >= 0.3 is 30.9 Å². The van der Waals surface area contributed by atoms with Crippen LogP contribution in [0.1, 0.15) is 177 Å². The van der Waals surface area contributed by atoms with Gasteiger partial charge in [-0.15, -0.1) is 0 Å². The van der Waals surface area contributed by atoms with Crippen LogP contribution in [-0.2, 0) is 121 Å². The van der Waals surface area contributed by atoms with Gasteiger partial charge in [-0.1, -0.05) is 85.6 Å². The monoisotopic (exact) mass is 1440 g/mol. The Morgan fingerprint density at radius 3 is 1.89 bits per heavy atom. The van der Waals surface area contributed by atoms with E-state index in [-0.39, 0.29) is 56.2 Å². The standard InChI is InChI=1S/C76H99F2N6O17P/c1-49(54-29-31-58(32-30-54)76(77,78)102(94,100-47-98-71(91)74(3,4)5)101-48-99-72(92)75(6,7)8)42-59(85)44-57-28-27-55-20-15-21-56-45-64(84(67(55)56)69(57)89)68(88)80-60(33-36-65(79)86)50(2)97-46-53-24-22-51(23-25-53)18-16-40-95-38-13-11-12-14-39-96-41-17-19-52-26-34-61-63(43-52)81(9)73(93)83(61)62-35-37-66(87)82(10)70(62)90/h15,20-26,29-32,34,42-43,50,57,60,62,64H,11-14,16-19,27-28,33,35-41,44-48H2,1-10H3,(H2,79,86)(H,80,88)/b49-42+/t50-,57-,60+,62?,64+/m1/s1. The molecule has 102 heavy (non-hydrogen) atoms. The van der Waals surface area contributed by atoms with Crippen molar-refractivity contribution < 1.29 is 84.4 Å². The molecular formula is C76H99F2N6O17P. The molecule has 554 valence electrons. The van der Waals surface area contributed by atoms with E-state index in [1.165, 1.54) is 76.3 Å². The molecule has 3 N–H and O–H groups in total. The van der Waals surface area contributed by atoms with Crippen LogP contribution in [0.15, 0.2) is 95.8 Å². The number of primary amides is 1. The molecule has 1 unspecified atom stereocenters. The van der Waals surface area contributed by atoms with E-state index in [4.69, 9.17) is 38.5 Å². The minimum atomic E-state index is -5.59. The van der Waals surface area contributed by atoms with Gasteiger partial charge in [0.05, 0.1) is 46.3 Å². The molecule has 23 nitrogen and oxygen atoms in total. The summed E-state index contributed by atoms with van der Waals surface area (Å²) in [6.07, 6.45) is 9.43. The number of carbonyl (C=O) groups is 8. The average molecular weight is 1440 g/mol. The number of piperidine rings is 1. The number of nitrogens with zero attached hydrogens (tertiary/aromatic N) is 4. The molecule has 4 aromatic carbocycles. The van der Waals surface area contributed by atoms with Gasteiger partial charge in [0.25, 0.3) is 5.91 Å². The summed E-state index contributed by atoms with van der Waals surface area (Å²) in [6, 6.07) is 21.7. The highest BCUT2D eigenvalue weighted by Crippen LogP contribution is 2.67. The predicted octanol–water partition coefficient (Wildman–Crippen LogP) is 11.4. The van der Waals surface area contributed by atoms with Gasteiger partial charge in [-0.25, -0.2) is 4.79 Å². The number of para-hydroxylation sites is 1. The third kappa shape index (κ3) is 20.4. The Kier molecular flexibility index (Phi) is 27.7. The number of imide groups is 1. The van der Waals surface area contributed by atoms with E-state index in [0.29, 0.717) is 68.0 Å². The number of rotatable bonds is 37. The lowest BCUT2D eigenvalue weighted by atomic mass is 9.92. The van der Waals surface area contributed by atoms with Gasteiger partial charge in [0.1, 0.15) is 12.1 Å². The number of nitrogens with two attached hydrogens (primary N) is 1. The van der Waals surface area contributed by atoms with Crippen molar-refractivity contribution in [2.45, 2.75) is 195 Å². The largest absolute Gasteiger partial charge is 0.438 e. The quantitative estimate of drug-likeness (QED) is 0.00932. The number of hydrogen-bond acceptors (Lipinski definition) is 17. The normalized spacial score (nSPS) is 17.4. The van der Waals surface area contributed by atoms with Gasteiger partial charge in [-0.05, 0) is 177 Å².